The maximum atomic E-state index is 10.7. The zero-order chi connectivity index (χ0) is 16.0. The second-order valence-corrected chi connectivity index (χ2v) is 6.91. The number of hydrogen-bond acceptors (Lipinski definition) is 3. The maximum Gasteiger partial charge on any atom is 0.0956 e. The molecule has 2 atom stereocenters. The summed E-state index contributed by atoms with van der Waals surface area (Å²) in [6.45, 7) is 0. The van der Waals surface area contributed by atoms with Gasteiger partial charge in [-0.3, -0.25) is 4.98 Å². The first-order valence-corrected chi connectivity index (χ1v) is 8.41. The Hall–Kier alpha value is -1.69. The molecule has 0 radical (unpaired) electrons. The van der Waals surface area contributed by atoms with Crippen LogP contribution in [0, 0.1) is 0 Å². The quantitative estimate of drug-likeness (QED) is 0.722. The van der Waals surface area contributed by atoms with E-state index in [2.05, 4.69) is 30.5 Å². The van der Waals surface area contributed by atoms with Crippen molar-refractivity contribution >= 4 is 27.5 Å². The Kier molecular flexibility index (Phi) is 3.71. The molecule has 2 aromatic heterocycles. The molecule has 1 aliphatic heterocycles. The Labute approximate surface area is 146 Å². The number of imidazole rings is 1. The van der Waals surface area contributed by atoms with Crippen molar-refractivity contribution in [2.75, 3.05) is 0 Å². The van der Waals surface area contributed by atoms with Crippen LogP contribution < -0.4 is 0 Å². The summed E-state index contributed by atoms with van der Waals surface area (Å²) in [5.74, 6) is 0. The summed E-state index contributed by atoms with van der Waals surface area (Å²) in [7, 11) is 0. The fourth-order valence-corrected chi connectivity index (χ4v) is 3.97. The molecular formula is C17H13BrClN3O. The van der Waals surface area contributed by atoms with E-state index < -0.39 is 6.10 Å². The standard InChI is InChI=1S/C17H13BrClN3O/c18-10-1-2-12(14(19)5-10)17(23)6-15-11-3-4-20-7-13(11)16-8-21-9-22(15)16/h1-5,7-9,15,17,23H,6H2. The van der Waals surface area contributed by atoms with E-state index in [1.165, 1.54) is 0 Å². The summed E-state index contributed by atoms with van der Waals surface area (Å²) < 4.78 is 2.98. The van der Waals surface area contributed by atoms with Gasteiger partial charge in [0.1, 0.15) is 0 Å². The van der Waals surface area contributed by atoms with E-state index >= 15 is 0 Å². The van der Waals surface area contributed by atoms with Crippen LogP contribution in [0.15, 0.2) is 53.7 Å². The maximum absolute atomic E-state index is 10.7. The number of nitrogens with zero attached hydrogens (tertiary/aromatic N) is 3. The van der Waals surface area contributed by atoms with Gasteiger partial charge >= 0.3 is 0 Å². The summed E-state index contributed by atoms with van der Waals surface area (Å²) in [6, 6.07) is 7.58. The summed E-state index contributed by atoms with van der Waals surface area (Å²) >= 11 is 9.66. The molecule has 6 heteroatoms. The third-order valence-electron chi connectivity index (χ3n) is 4.26. The number of aliphatic hydroxyl groups is 1. The molecule has 0 bridgehead atoms. The van der Waals surface area contributed by atoms with E-state index in [1.54, 1.807) is 18.6 Å². The van der Waals surface area contributed by atoms with Crippen molar-refractivity contribution in [2.24, 2.45) is 0 Å². The van der Waals surface area contributed by atoms with E-state index in [9.17, 15) is 5.11 Å². The number of rotatable bonds is 3. The van der Waals surface area contributed by atoms with Crippen molar-refractivity contribution in [1.82, 2.24) is 14.5 Å². The molecule has 3 aromatic rings. The molecule has 0 amide bonds. The van der Waals surface area contributed by atoms with Crippen LogP contribution in [0.1, 0.15) is 29.7 Å². The normalized spacial score (nSPS) is 16.9. The largest absolute Gasteiger partial charge is 0.388 e. The van der Waals surface area contributed by atoms with Crippen LogP contribution in [0.4, 0.5) is 0 Å². The molecule has 4 rings (SSSR count). The average Bonchev–Trinajstić information content (AvgIpc) is 3.10. The molecule has 0 aliphatic carbocycles. The van der Waals surface area contributed by atoms with Gasteiger partial charge in [-0.25, -0.2) is 4.98 Å². The zero-order valence-corrected chi connectivity index (χ0v) is 14.4. The van der Waals surface area contributed by atoms with Crippen LogP contribution in [0.25, 0.3) is 11.3 Å². The summed E-state index contributed by atoms with van der Waals surface area (Å²) in [6.07, 6.45) is 7.14. The van der Waals surface area contributed by atoms with Crippen LogP contribution in [-0.2, 0) is 0 Å². The molecule has 1 N–H and O–H groups in total. The Balaban J connectivity index is 1.69. The predicted octanol–water partition coefficient (Wildman–Crippen LogP) is 4.39. The number of fused-ring (bicyclic) bond motifs is 3. The number of aromatic nitrogens is 3. The molecule has 0 fully saturated rings. The molecule has 0 saturated heterocycles. The van der Waals surface area contributed by atoms with Gasteiger partial charge in [0.15, 0.2) is 0 Å². The molecule has 116 valence electrons. The topological polar surface area (TPSA) is 50.9 Å². The number of benzene rings is 1. The minimum absolute atomic E-state index is 0.0280. The smallest absolute Gasteiger partial charge is 0.0956 e. The van der Waals surface area contributed by atoms with Crippen molar-refractivity contribution in [2.45, 2.75) is 18.6 Å². The summed E-state index contributed by atoms with van der Waals surface area (Å²) in [5.41, 5.74) is 4.00. The van der Waals surface area contributed by atoms with Gasteiger partial charge in [0.2, 0.25) is 0 Å². The number of hydrogen-bond donors (Lipinski definition) is 1. The first-order chi connectivity index (χ1) is 11.1. The van der Waals surface area contributed by atoms with Crippen molar-refractivity contribution in [3.05, 3.63) is 69.8 Å². The van der Waals surface area contributed by atoms with Crippen LogP contribution in [0.2, 0.25) is 5.02 Å². The van der Waals surface area contributed by atoms with Gasteiger partial charge in [0, 0.05) is 33.9 Å². The molecule has 1 aromatic carbocycles. The third kappa shape index (κ3) is 2.49. The highest BCUT2D eigenvalue weighted by Crippen LogP contribution is 2.43. The van der Waals surface area contributed by atoms with E-state index in [4.69, 9.17) is 11.6 Å². The van der Waals surface area contributed by atoms with Crippen molar-refractivity contribution in [1.29, 1.82) is 0 Å². The van der Waals surface area contributed by atoms with Gasteiger partial charge in [0.25, 0.3) is 0 Å². The van der Waals surface area contributed by atoms with Gasteiger partial charge in [-0.05, 0) is 29.3 Å². The highest BCUT2D eigenvalue weighted by Gasteiger charge is 2.30. The average molecular weight is 391 g/mol. The summed E-state index contributed by atoms with van der Waals surface area (Å²) in [5, 5.41) is 11.3. The SMILES string of the molecule is OC(CC1c2ccncc2-c2cncn21)c1ccc(Br)cc1Cl. The molecule has 3 heterocycles. The first kappa shape index (κ1) is 14.9. The van der Waals surface area contributed by atoms with Gasteiger partial charge < -0.3 is 9.67 Å². The second-order valence-electron chi connectivity index (χ2n) is 5.58. The van der Waals surface area contributed by atoms with Gasteiger partial charge in [0.05, 0.1) is 30.4 Å². The molecule has 4 nitrogen and oxygen atoms in total. The van der Waals surface area contributed by atoms with E-state index in [0.717, 1.165) is 26.9 Å². The van der Waals surface area contributed by atoms with Crippen LogP contribution >= 0.6 is 27.5 Å². The Bertz CT molecular complexity index is 880. The Morgan fingerprint density at radius 1 is 1.26 bits per heavy atom. The highest BCUT2D eigenvalue weighted by atomic mass is 79.9. The fraction of sp³-hybridized carbons (Fsp3) is 0.176. The van der Waals surface area contributed by atoms with Gasteiger partial charge in [-0.2, -0.15) is 0 Å². The Morgan fingerprint density at radius 3 is 2.96 bits per heavy atom. The number of halogens is 2. The van der Waals surface area contributed by atoms with Gasteiger partial charge in [-0.15, -0.1) is 0 Å². The minimum atomic E-state index is -0.657. The van der Waals surface area contributed by atoms with E-state index in [-0.39, 0.29) is 6.04 Å². The molecule has 1 aliphatic rings. The van der Waals surface area contributed by atoms with Gasteiger partial charge in [-0.1, -0.05) is 33.6 Å². The fourth-order valence-electron chi connectivity index (χ4n) is 3.17. The lowest BCUT2D eigenvalue weighted by molar-refractivity contribution is 0.154. The third-order valence-corrected chi connectivity index (χ3v) is 5.08. The van der Waals surface area contributed by atoms with E-state index in [0.29, 0.717) is 11.4 Å². The molecule has 23 heavy (non-hydrogen) atoms. The molecular weight excluding hydrogens is 378 g/mol. The summed E-state index contributed by atoms with van der Waals surface area (Å²) in [4.78, 5) is 8.42. The molecule has 0 saturated carbocycles. The van der Waals surface area contributed by atoms with E-state index in [1.807, 2.05) is 30.6 Å². The lowest BCUT2D eigenvalue weighted by Crippen LogP contribution is -2.11. The number of aliphatic hydroxyl groups excluding tert-OH is 1. The molecule has 2 unspecified atom stereocenters. The van der Waals surface area contributed by atoms with Crippen molar-refractivity contribution in [3.8, 4) is 11.3 Å². The first-order valence-electron chi connectivity index (χ1n) is 7.24. The predicted molar refractivity (Wildman–Crippen MR) is 92.3 cm³/mol. The van der Waals surface area contributed by atoms with Crippen LogP contribution in [0.3, 0.4) is 0 Å². The van der Waals surface area contributed by atoms with Crippen LogP contribution in [-0.4, -0.2) is 19.6 Å². The Morgan fingerprint density at radius 2 is 2.13 bits per heavy atom. The monoisotopic (exact) mass is 389 g/mol. The molecule has 0 spiro atoms. The van der Waals surface area contributed by atoms with Crippen molar-refractivity contribution in [3.63, 3.8) is 0 Å². The minimum Gasteiger partial charge on any atom is -0.388 e. The lowest BCUT2D eigenvalue weighted by atomic mass is 9.97. The highest BCUT2D eigenvalue weighted by molar-refractivity contribution is 9.10. The lowest BCUT2D eigenvalue weighted by Gasteiger charge is -2.20. The van der Waals surface area contributed by atoms with Crippen LogP contribution in [0.5, 0.6) is 0 Å². The number of pyridine rings is 1. The van der Waals surface area contributed by atoms with Crippen molar-refractivity contribution < 1.29 is 5.11 Å². The second kappa shape index (κ2) is 5.74. The zero-order valence-electron chi connectivity index (χ0n) is 12.0.